The Morgan fingerprint density at radius 3 is 2.78 bits per heavy atom. The van der Waals surface area contributed by atoms with E-state index in [1.165, 1.54) is 5.56 Å². The van der Waals surface area contributed by atoms with E-state index in [1.807, 2.05) is 53.1 Å². The molecule has 0 radical (unpaired) electrons. The molecule has 0 saturated carbocycles. The van der Waals surface area contributed by atoms with Crippen LogP contribution >= 0.6 is 0 Å². The fourth-order valence-electron chi connectivity index (χ4n) is 4.13. The van der Waals surface area contributed by atoms with Gasteiger partial charge in [-0.05, 0) is 55.0 Å². The Balaban J connectivity index is 1.54. The molecule has 1 saturated heterocycles. The molecular formula is C20H20N4O2S. The molecule has 138 valence electrons. The highest BCUT2D eigenvalue weighted by Crippen LogP contribution is 2.38. The van der Waals surface area contributed by atoms with E-state index in [0.29, 0.717) is 23.7 Å². The highest BCUT2D eigenvalue weighted by molar-refractivity contribution is 7.93. The summed E-state index contributed by atoms with van der Waals surface area (Å²) >= 11 is 0. The highest BCUT2D eigenvalue weighted by atomic mass is 32.2. The summed E-state index contributed by atoms with van der Waals surface area (Å²) in [6.07, 6.45) is 6.63. The zero-order chi connectivity index (χ0) is 18.4. The van der Waals surface area contributed by atoms with Crippen LogP contribution in [0.1, 0.15) is 42.3 Å². The van der Waals surface area contributed by atoms with Crippen LogP contribution in [0.3, 0.4) is 0 Å². The maximum atomic E-state index is 13.4. The van der Waals surface area contributed by atoms with Crippen LogP contribution in [0.4, 0.5) is 0 Å². The second kappa shape index (κ2) is 6.28. The van der Waals surface area contributed by atoms with Gasteiger partial charge in [-0.3, -0.25) is 4.40 Å². The average molecular weight is 380 g/mol. The van der Waals surface area contributed by atoms with Gasteiger partial charge >= 0.3 is 0 Å². The number of hydrogen-bond donors (Lipinski definition) is 0. The van der Waals surface area contributed by atoms with Crippen molar-refractivity contribution in [3.8, 4) is 0 Å². The van der Waals surface area contributed by atoms with E-state index in [9.17, 15) is 8.42 Å². The van der Waals surface area contributed by atoms with Gasteiger partial charge in [0, 0.05) is 12.7 Å². The summed E-state index contributed by atoms with van der Waals surface area (Å²) in [6.45, 7) is 0.522. The summed E-state index contributed by atoms with van der Waals surface area (Å²) in [5.41, 5.74) is 2.95. The Morgan fingerprint density at radius 2 is 1.85 bits per heavy atom. The third-order valence-corrected chi connectivity index (χ3v) is 7.53. The normalized spacial score (nSPS) is 20.6. The van der Waals surface area contributed by atoms with Crippen LogP contribution in [0.5, 0.6) is 0 Å². The molecule has 3 heterocycles. The van der Waals surface area contributed by atoms with Gasteiger partial charge in [-0.1, -0.05) is 30.3 Å². The Bertz CT molecular complexity index is 1150. The van der Waals surface area contributed by atoms with Crippen molar-refractivity contribution in [2.75, 3.05) is 6.54 Å². The number of sulfonamides is 1. The molecule has 0 spiro atoms. The quantitative estimate of drug-likeness (QED) is 0.700. The number of nitrogens with zero attached hydrogens (tertiary/aromatic N) is 4. The van der Waals surface area contributed by atoms with Crippen molar-refractivity contribution < 1.29 is 8.42 Å². The topological polar surface area (TPSA) is 67.6 Å². The van der Waals surface area contributed by atoms with Crippen molar-refractivity contribution in [2.45, 2.75) is 31.7 Å². The first-order chi connectivity index (χ1) is 13.1. The van der Waals surface area contributed by atoms with Gasteiger partial charge in [-0.15, -0.1) is 10.2 Å². The number of aryl methyl sites for hydroxylation is 1. The van der Waals surface area contributed by atoms with Crippen LogP contribution in [0.15, 0.2) is 53.6 Å². The molecule has 2 aromatic heterocycles. The van der Waals surface area contributed by atoms with E-state index in [-0.39, 0.29) is 6.04 Å². The smallest absolute Gasteiger partial charge is 0.239 e. The molecule has 1 aliphatic carbocycles. The highest BCUT2D eigenvalue weighted by Gasteiger charge is 2.40. The first-order valence-corrected chi connectivity index (χ1v) is 10.7. The summed E-state index contributed by atoms with van der Waals surface area (Å²) in [7, 11) is -3.53. The fraction of sp³-hybridized carbons (Fsp3) is 0.300. The molecule has 0 bridgehead atoms. The van der Waals surface area contributed by atoms with Crippen molar-refractivity contribution >= 4 is 21.7 Å². The molecule has 0 N–H and O–H groups in total. The summed E-state index contributed by atoms with van der Waals surface area (Å²) in [4.78, 5) is 0.502. The van der Waals surface area contributed by atoms with Crippen molar-refractivity contribution in [2.24, 2.45) is 0 Å². The summed E-state index contributed by atoms with van der Waals surface area (Å²) in [5, 5.41) is 8.51. The van der Waals surface area contributed by atoms with Gasteiger partial charge < -0.3 is 0 Å². The van der Waals surface area contributed by atoms with Crippen LogP contribution in [-0.4, -0.2) is 33.9 Å². The first-order valence-electron chi connectivity index (χ1n) is 9.24. The lowest BCUT2D eigenvalue weighted by atomic mass is 9.98. The molecule has 3 aromatic rings. The Hall–Kier alpha value is -2.51. The lowest BCUT2D eigenvalue weighted by molar-refractivity contribution is 0.384. The number of allylic oxidation sites excluding steroid dienone is 1. The molecule has 27 heavy (non-hydrogen) atoms. The van der Waals surface area contributed by atoms with Crippen LogP contribution in [0.25, 0.3) is 11.7 Å². The predicted octanol–water partition coefficient (Wildman–Crippen LogP) is 3.18. The Kier molecular flexibility index (Phi) is 3.87. The minimum Gasteiger partial charge on any atom is -0.285 e. The van der Waals surface area contributed by atoms with Crippen LogP contribution in [0, 0.1) is 0 Å². The zero-order valence-electron chi connectivity index (χ0n) is 14.8. The third kappa shape index (κ3) is 2.69. The molecular weight excluding hydrogens is 360 g/mol. The molecule has 1 fully saturated rings. The maximum Gasteiger partial charge on any atom is 0.239 e. The lowest BCUT2D eigenvalue weighted by Crippen LogP contribution is -2.33. The van der Waals surface area contributed by atoms with Crippen molar-refractivity contribution in [3.63, 3.8) is 0 Å². The van der Waals surface area contributed by atoms with E-state index >= 15 is 0 Å². The van der Waals surface area contributed by atoms with Gasteiger partial charge in [0.25, 0.3) is 0 Å². The number of hydrogen-bond acceptors (Lipinski definition) is 4. The van der Waals surface area contributed by atoms with Gasteiger partial charge in [0.2, 0.25) is 10.0 Å². The van der Waals surface area contributed by atoms with Crippen molar-refractivity contribution in [1.29, 1.82) is 0 Å². The minimum atomic E-state index is -3.53. The monoisotopic (exact) mass is 380 g/mol. The zero-order valence-corrected chi connectivity index (χ0v) is 15.6. The maximum absolute atomic E-state index is 13.4. The number of rotatable bonds is 3. The summed E-state index contributed by atoms with van der Waals surface area (Å²) in [5.74, 6) is 0.698. The van der Waals surface area contributed by atoms with E-state index < -0.39 is 10.0 Å². The molecule has 1 aliphatic heterocycles. The first kappa shape index (κ1) is 16.6. The molecule has 7 heteroatoms. The van der Waals surface area contributed by atoms with Crippen LogP contribution in [-0.2, 0) is 16.4 Å². The van der Waals surface area contributed by atoms with Gasteiger partial charge in [-0.25, -0.2) is 8.42 Å². The predicted molar refractivity (Wildman–Crippen MR) is 103 cm³/mol. The van der Waals surface area contributed by atoms with E-state index in [4.69, 9.17) is 0 Å². The van der Waals surface area contributed by atoms with Gasteiger partial charge in [0.1, 0.15) is 0 Å². The summed E-state index contributed by atoms with van der Waals surface area (Å²) in [6, 6.07) is 13.4. The summed E-state index contributed by atoms with van der Waals surface area (Å²) < 4.78 is 30.4. The third-order valence-electron chi connectivity index (χ3n) is 5.49. The molecule has 2 aliphatic rings. The molecule has 1 aromatic carbocycles. The Labute approximate surface area is 158 Å². The van der Waals surface area contributed by atoms with Gasteiger partial charge in [0.15, 0.2) is 11.5 Å². The van der Waals surface area contributed by atoms with E-state index in [0.717, 1.165) is 30.5 Å². The molecule has 0 amide bonds. The molecule has 1 unspecified atom stereocenters. The second-order valence-electron chi connectivity index (χ2n) is 7.07. The molecule has 5 rings (SSSR count). The molecule has 6 nitrogen and oxygen atoms in total. The van der Waals surface area contributed by atoms with E-state index in [2.05, 4.69) is 16.3 Å². The van der Waals surface area contributed by atoms with E-state index in [1.54, 1.807) is 4.31 Å². The van der Waals surface area contributed by atoms with Crippen LogP contribution < -0.4 is 0 Å². The van der Waals surface area contributed by atoms with Gasteiger partial charge in [-0.2, -0.15) is 4.31 Å². The minimum absolute atomic E-state index is 0.273. The fourth-order valence-corrected chi connectivity index (χ4v) is 5.97. The molecule has 1 atom stereocenters. The number of benzene rings is 1. The van der Waals surface area contributed by atoms with Gasteiger partial charge in [0.05, 0.1) is 10.9 Å². The second-order valence-corrected chi connectivity index (χ2v) is 9.01. The number of pyridine rings is 1. The Morgan fingerprint density at radius 1 is 1.00 bits per heavy atom. The standard InChI is InChI=1S/C20H20N4O2S/c25-27(26,17-11-10-15-6-1-2-7-16(15)14-17)24-13-5-8-18(24)20-22-21-19-9-3-4-12-23(19)20/h1-4,6-7,9,12,14,18H,5,8,10-11,13H2. The average Bonchev–Trinajstić information content (AvgIpc) is 3.34. The SMILES string of the molecule is O=S(=O)(C1=Cc2ccccc2CC1)N1CCCC1c1nnc2ccccn12. The van der Waals surface area contributed by atoms with Crippen molar-refractivity contribution in [1.82, 2.24) is 18.9 Å². The van der Waals surface area contributed by atoms with Crippen LogP contribution in [0.2, 0.25) is 0 Å². The largest absolute Gasteiger partial charge is 0.285 e. The number of aromatic nitrogens is 3. The number of fused-ring (bicyclic) bond motifs is 2. The van der Waals surface area contributed by atoms with Crippen molar-refractivity contribution in [3.05, 3.63) is 70.5 Å². The lowest BCUT2D eigenvalue weighted by Gasteiger charge is -2.26.